The number of carbonyl (C=O) groups excluding carboxylic acids is 2. The standard InChI is InChI=1S/C13H20N2O2/c1-9(10-4-5-10)7-12(16)15-6-2-3-11(8-15)13(14)17/h7,10-11H,2-6,8H2,1H3,(H2,14,17)/b9-7+. The number of nitrogens with zero attached hydrogens (tertiary/aromatic N) is 1. The number of carbonyl (C=O) groups is 2. The van der Waals surface area contributed by atoms with E-state index >= 15 is 0 Å². The number of allylic oxidation sites excluding steroid dienone is 1. The van der Waals surface area contributed by atoms with Crippen molar-refractivity contribution in [2.75, 3.05) is 13.1 Å². The van der Waals surface area contributed by atoms with Gasteiger partial charge in [0.15, 0.2) is 0 Å². The molecule has 0 aromatic heterocycles. The molecular weight excluding hydrogens is 216 g/mol. The van der Waals surface area contributed by atoms with Gasteiger partial charge in [0, 0.05) is 19.2 Å². The first-order valence-electron chi connectivity index (χ1n) is 6.34. The van der Waals surface area contributed by atoms with Crippen LogP contribution in [0.4, 0.5) is 0 Å². The molecule has 1 aliphatic heterocycles. The Hall–Kier alpha value is -1.32. The minimum atomic E-state index is -0.287. The fourth-order valence-corrected chi connectivity index (χ4v) is 2.35. The molecule has 2 fully saturated rings. The summed E-state index contributed by atoms with van der Waals surface area (Å²) in [5, 5.41) is 0. The maximum atomic E-state index is 12.0. The normalized spacial score (nSPS) is 25.8. The van der Waals surface area contributed by atoms with Crippen LogP contribution in [-0.4, -0.2) is 29.8 Å². The van der Waals surface area contributed by atoms with Crippen LogP contribution in [0.25, 0.3) is 0 Å². The first-order valence-corrected chi connectivity index (χ1v) is 6.34. The summed E-state index contributed by atoms with van der Waals surface area (Å²) in [5.41, 5.74) is 6.47. The van der Waals surface area contributed by atoms with Gasteiger partial charge in [-0.3, -0.25) is 9.59 Å². The van der Waals surface area contributed by atoms with Crippen LogP contribution >= 0.6 is 0 Å². The van der Waals surface area contributed by atoms with Gasteiger partial charge in [-0.1, -0.05) is 5.57 Å². The molecule has 2 N–H and O–H groups in total. The molecule has 2 amide bonds. The van der Waals surface area contributed by atoms with Crippen LogP contribution in [0.5, 0.6) is 0 Å². The number of amides is 2. The summed E-state index contributed by atoms with van der Waals surface area (Å²) < 4.78 is 0. The van der Waals surface area contributed by atoms with Crippen LogP contribution < -0.4 is 5.73 Å². The Kier molecular flexibility index (Phi) is 3.50. The highest BCUT2D eigenvalue weighted by Gasteiger charge is 2.28. The largest absolute Gasteiger partial charge is 0.369 e. The van der Waals surface area contributed by atoms with Crippen molar-refractivity contribution in [3.8, 4) is 0 Å². The molecule has 0 aromatic carbocycles. The van der Waals surface area contributed by atoms with Gasteiger partial charge in [0.25, 0.3) is 0 Å². The summed E-state index contributed by atoms with van der Waals surface area (Å²) in [4.78, 5) is 24.9. The SMILES string of the molecule is C/C(=C\C(=O)N1CCCC(C(N)=O)C1)C1CC1. The number of likely N-dealkylation sites (tertiary alicyclic amines) is 1. The minimum Gasteiger partial charge on any atom is -0.369 e. The fourth-order valence-electron chi connectivity index (χ4n) is 2.35. The van der Waals surface area contributed by atoms with Crippen LogP contribution in [0, 0.1) is 11.8 Å². The predicted molar refractivity (Wildman–Crippen MR) is 65.0 cm³/mol. The van der Waals surface area contributed by atoms with Crippen molar-refractivity contribution in [1.29, 1.82) is 0 Å². The van der Waals surface area contributed by atoms with E-state index in [9.17, 15) is 9.59 Å². The zero-order valence-electron chi connectivity index (χ0n) is 10.3. The molecule has 17 heavy (non-hydrogen) atoms. The first kappa shape index (κ1) is 12.1. The predicted octanol–water partition coefficient (Wildman–Crippen LogP) is 1.07. The number of nitrogens with two attached hydrogens (primary N) is 1. The number of piperidine rings is 1. The lowest BCUT2D eigenvalue weighted by molar-refractivity contribution is -0.130. The summed E-state index contributed by atoms with van der Waals surface area (Å²) in [6.07, 6.45) is 5.83. The van der Waals surface area contributed by atoms with E-state index in [2.05, 4.69) is 0 Å². The lowest BCUT2D eigenvalue weighted by Gasteiger charge is -2.30. The maximum Gasteiger partial charge on any atom is 0.246 e. The van der Waals surface area contributed by atoms with Crippen molar-refractivity contribution >= 4 is 11.8 Å². The van der Waals surface area contributed by atoms with Crippen LogP contribution in [0.3, 0.4) is 0 Å². The third-order valence-corrected chi connectivity index (χ3v) is 3.71. The van der Waals surface area contributed by atoms with Crippen molar-refractivity contribution in [2.24, 2.45) is 17.6 Å². The van der Waals surface area contributed by atoms with Crippen LogP contribution in [0.15, 0.2) is 11.6 Å². The Labute approximate surface area is 102 Å². The van der Waals surface area contributed by atoms with E-state index in [-0.39, 0.29) is 17.7 Å². The molecule has 0 bridgehead atoms. The Balaban J connectivity index is 1.94. The molecular formula is C13H20N2O2. The Morgan fingerprint density at radius 1 is 1.24 bits per heavy atom. The zero-order chi connectivity index (χ0) is 12.4. The van der Waals surface area contributed by atoms with E-state index in [0.29, 0.717) is 12.5 Å². The Morgan fingerprint density at radius 3 is 2.53 bits per heavy atom. The van der Waals surface area contributed by atoms with Gasteiger partial charge in [-0.25, -0.2) is 0 Å². The zero-order valence-corrected chi connectivity index (χ0v) is 10.3. The Morgan fingerprint density at radius 2 is 1.94 bits per heavy atom. The molecule has 94 valence electrons. The molecule has 4 nitrogen and oxygen atoms in total. The molecule has 1 atom stereocenters. The van der Waals surface area contributed by atoms with E-state index < -0.39 is 0 Å². The number of hydrogen-bond acceptors (Lipinski definition) is 2. The van der Waals surface area contributed by atoms with Gasteiger partial charge >= 0.3 is 0 Å². The van der Waals surface area contributed by atoms with Crippen molar-refractivity contribution in [3.05, 3.63) is 11.6 Å². The quantitative estimate of drug-likeness (QED) is 0.745. The number of primary amides is 1. The molecule has 1 aliphatic carbocycles. The summed E-state index contributed by atoms with van der Waals surface area (Å²) in [5.74, 6) is 0.212. The molecule has 2 aliphatic rings. The van der Waals surface area contributed by atoms with Gasteiger partial charge in [-0.15, -0.1) is 0 Å². The third kappa shape index (κ3) is 3.08. The number of hydrogen-bond donors (Lipinski definition) is 1. The third-order valence-electron chi connectivity index (χ3n) is 3.71. The molecule has 4 heteroatoms. The summed E-state index contributed by atoms with van der Waals surface area (Å²) >= 11 is 0. The monoisotopic (exact) mass is 236 g/mol. The van der Waals surface area contributed by atoms with E-state index in [1.807, 2.05) is 6.92 Å². The molecule has 2 rings (SSSR count). The number of rotatable bonds is 3. The molecule has 1 saturated heterocycles. The summed E-state index contributed by atoms with van der Waals surface area (Å²) in [6, 6.07) is 0. The first-order chi connectivity index (χ1) is 8.08. The van der Waals surface area contributed by atoms with E-state index in [1.165, 1.54) is 18.4 Å². The maximum absolute atomic E-state index is 12.0. The van der Waals surface area contributed by atoms with Gasteiger partial charge in [0.1, 0.15) is 0 Å². The van der Waals surface area contributed by atoms with Crippen molar-refractivity contribution in [3.63, 3.8) is 0 Å². The van der Waals surface area contributed by atoms with Gasteiger partial charge in [-0.05, 0) is 38.5 Å². The smallest absolute Gasteiger partial charge is 0.246 e. The van der Waals surface area contributed by atoms with Gasteiger partial charge in [0.05, 0.1) is 5.92 Å². The van der Waals surface area contributed by atoms with E-state index in [1.54, 1.807) is 11.0 Å². The summed E-state index contributed by atoms with van der Waals surface area (Å²) in [6.45, 7) is 3.25. The molecule has 1 heterocycles. The van der Waals surface area contributed by atoms with Gasteiger partial charge in [-0.2, -0.15) is 0 Å². The highest BCUT2D eigenvalue weighted by molar-refractivity contribution is 5.89. The van der Waals surface area contributed by atoms with Crippen molar-refractivity contribution < 1.29 is 9.59 Å². The van der Waals surface area contributed by atoms with Gasteiger partial charge < -0.3 is 10.6 Å². The minimum absolute atomic E-state index is 0.0420. The van der Waals surface area contributed by atoms with Crippen LogP contribution in [0.1, 0.15) is 32.6 Å². The molecule has 0 radical (unpaired) electrons. The average molecular weight is 236 g/mol. The molecule has 0 spiro atoms. The van der Waals surface area contributed by atoms with Crippen LogP contribution in [0.2, 0.25) is 0 Å². The van der Waals surface area contributed by atoms with E-state index in [4.69, 9.17) is 5.73 Å². The molecule has 1 saturated carbocycles. The van der Waals surface area contributed by atoms with Crippen LogP contribution in [-0.2, 0) is 9.59 Å². The highest BCUT2D eigenvalue weighted by atomic mass is 16.2. The lowest BCUT2D eigenvalue weighted by Crippen LogP contribution is -2.43. The van der Waals surface area contributed by atoms with E-state index in [0.717, 1.165) is 19.4 Å². The second-order valence-electron chi connectivity index (χ2n) is 5.19. The summed E-state index contributed by atoms with van der Waals surface area (Å²) in [7, 11) is 0. The topological polar surface area (TPSA) is 63.4 Å². The molecule has 0 aromatic rings. The Bertz CT molecular complexity index is 358. The van der Waals surface area contributed by atoms with Crippen molar-refractivity contribution in [2.45, 2.75) is 32.6 Å². The fraction of sp³-hybridized carbons (Fsp3) is 0.692. The van der Waals surface area contributed by atoms with Crippen molar-refractivity contribution in [1.82, 2.24) is 4.90 Å². The lowest BCUT2D eigenvalue weighted by atomic mass is 9.97. The molecule has 1 unspecified atom stereocenters. The second-order valence-corrected chi connectivity index (χ2v) is 5.19. The second kappa shape index (κ2) is 4.90. The highest BCUT2D eigenvalue weighted by Crippen LogP contribution is 2.36. The van der Waals surface area contributed by atoms with Gasteiger partial charge in [0.2, 0.25) is 11.8 Å². The average Bonchev–Trinajstić information content (AvgIpc) is 3.12.